The molecular weight excluding hydrogens is 463 g/mol. The molecule has 0 aromatic heterocycles. The van der Waals surface area contributed by atoms with Crippen molar-refractivity contribution in [2.75, 3.05) is 17.3 Å². The molecule has 0 unspecified atom stereocenters. The molecule has 0 aliphatic carbocycles. The molecule has 0 saturated heterocycles. The van der Waals surface area contributed by atoms with Gasteiger partial charge in [-0.3, -0.25) is 0 Å². The number of alkyl halides is 9. The Balaban J connectivity index is 5.81. The van der Waals surface area contributed by atoms with Gasteiger partial charge in [-0.2, -0.15) is 47.9 Å². The maximum atomic E-state index is 13.9. The molecule has 14 heteroatoms. The zero-order chi connectivity index (χ0) is 23.4. The van der Waals surface area contributed by atoms with Gasteiger partial charge in [0.15, 0.2) is 0 Å². The van der Waals surface area contributed by atoms with Crippen LogP contribution in [0.5, 0.6) is 0 Å². The van der Waals surface area contributed by atoms with E-state index in [1.807, 2.05) is 6.92 Å². The summed E-state index contributed by atoms with van der Waals surface area (Å²) in [6.45, 7) is 4.59. The molecule has 0 aromatic rings. The summed E-state index contributed by atoms with van der Waals surface area (Å²) in [7, 11) is -9.79. The molecule has 0 amide bonds. The average Bonchev–Trinajstić information content (AvgIpc) is 2.58. The van der Waals surface area contributed by atoms with Crippen LogP contribution >= 0.6 is 10.3 Å². The lowest BCUT2D eigenvalue weighted by molar-refractivity contribution is -0.382. The Morgan fingerprint density at radius 1 is 0.690 bits per heavy atom. The average molecular weight is 488 g/mol. The van der Waals surface area contributed by atoms with Crippen molar-refractivity contribution in [3.8, 4) is 0 Å². The first-order chi connectivity index (χ1) is 12.9. The maximum absolute atomic E-state index is 13.9. The highest BCUT2D eigenvalue weighted by Crippen LogP contribution is 2.59. The van der Waals surface area contributed by atoms with Gasteiger partial charge in [-0.05, 0) is 17.9 Å². The standard InChI is InChI=1S/C15H25F9O3S2/c1-4-7-8-9-10-11-28(5-2,6-3)27-29(25,26)15(23,24)13(18,19)12(16,17)14(20,21)22/h4-11H2,1-3H3. The van der Waals surface area contributed by atoms with Gasteiger partial charge in [0.1, 0.15) is 0 Å². The Morgan fingerprint density at radius 2 is 1.14 bits per heavy atom. The smallest absolute Gasteiger partial charge is 0.215 e. The molecule has 0 saturated carbocycles. The highest BCUT2D eigenvalue weighted by atomic mass is 32.3. The van der Waals surface area contributed by atoms with Crippen molar-refractivity contribution in [1.29, 1.82) is 0 Å². The van der Waals surface area contributed by atoms with E-state index in [0.29, 0.717) is 12.8 Å². The van der Waals surface area contributed by atoms with E-state index in [1.165, 1.54) is 13.8 Å². The zero-order valence-corrected chi connectivity index (χ0v) is 17.7. The number of rotatable bonds is 13. The minimum absolute atomic E-state index is 0.0970. The minimum atomic E-state index is -7.30. The molecule has 0 spiro atoms. The van der Waals surface area contributed by atoms with Crippen molar-refractivity contribution in [1.82, 2.24) is 0 Å². The van der Waals surface area contributed by atoms with Crippen LogP contribution in [0.1, 0.15) is 52.9 Å². The van der Waals surface area contributed by atoms with Crippen molar-refractivity contribution in [3.63, 3.8) is 0 Å². The summed E-state index contributed by atoms with van der Waals surface area (Å²) < 4.78 is 145. The quantitative estimate of drug-likeness (QED) is 0.220. The lowest BCUT2D eigenvalue weighted by Crippen LogP contribution is -2.63. The van der Waals surface area contributed by atoms with Gasteiger partial charge in [0.05, 0.1) is 0 Å². The Labute approximate surface area is 166 Å². The largest absolute Gasteiger partial charge is 0.460 e. The Hall–Kier alpha value is -0.370. The fourth-order valence-corrected chi connectivity index (χ4v) is 7.40. The maximum Gasteiger partial charge on any atom is 0.460 e. The van der Waals surface area contributed by atoms with Gasteiger partial charge < -0.3 is 0 Å². The summed E-state index contributed by atoms with van der Waals surface area (Å²) in [5, 5.41) is -6.80. The fourth-order valence-electron chi connectivity index (χ4n) is 2.34. The van der Waals surface area contributed by atoms with E-state index >= 15 is 0 Å². The van der Waals surface area contributed by atoms with Gasteiger partial charge >= 0.3 is 33.4 Å². The van der Waals surface area contributed by atoms with Gasteiger partial charge in [-0.25, -0.2) is 3.63 Å². The number of unbranched alkanes of at least 4 members (excludes halogenated alkanes) is 4. The molecule has 0 heterocycles. The van der Waals surface area contributed by atoms with Crippen LogP contribution in [0.15, 0.2) is 0 Å². The fraction of sp³-hybridized carbons (Fsp3) is 1.00. The molecule has 0 N–H and O–H groups in total. The molecule has 178 valence electrons. The van der Waals surface area contributed by atoms with E-state index in [4.69, 9.17) is 0 Å². The summed E-state index contributed by atoms with van der Waals surface area (Å²) in [6.07, 6.45) is -3.79. The first-order valence-electron chi connectivity index (χ1n) is 8.81. The molecule has 3 nitrogen and oxygen atoms in total. The van der Waals surface area contributed by atoms with E-state index in [9.17, 15) is 47.9 Å². The van der Waals surface area contributed by atoms with Crippen molar-refractivity contribution < 1.29 is 51.6 Å². The molecule has 0 aliphatic rings. The molecule has 0 aliphatic heterocycles. The van der Waals surface area contributed by atoms with E-state index in [2.05, 4.69) is 3.63 Å². The minimum Gasteiger partial charge on any atom is -0.215 e. The van der Waals surface area contributed by atoms with Crippen LogP contribution in [0, 0.1) is 0 Å². The highest BCUT2D eigenvalue weighted by Gasteiger charge is 2.86. The van der Waals surface area contributed by atoms with Crippen LogP contribution in [0.2, 0.25) is 0 Å². The lowest BCUT2D eigenvalue weighted by Gasteiger charge is -2.39. The third kappa shape index (κ3) is 5.86. The predicted octanol–water partition coefficient (Wildman–Crippen LogP) is 6.49. The highest BCUT2D eigenvalue weighted by molar-refractivity contribution is 8.33. The topological polar surface area (TPSA) is 43.4 Å². The van der Waals surface area contributed by atoms with Crippen molar-refractivity contribution in [2.45, 2.75) is 76.2 Å². The van der Waals surface area contributed by atoms with Gasteiger partial charge in [0, 0.05) is 5.75 Å². The van der Waals surface area contributed by atoms with E-state index in [0.717, 1.165) is 19.3 Å². The van der Waals surface area contributed by atoms with Gasteiger partial charge in [0.2, 0.25) is 0 Å². The summed E-state index contributed by atoms with van der Waals surface area (Å²) in [4.78, 5) is 0. The van der Waals surface area contributed by atoms with Gasteiger partial charge in [-0.15, -0.1) is 10.3 Å². The molecule has 0 bridgehead atoms. The number of hydrogen-bond donors (Lipinski definition) is 0. The first-order valence-corrected chi connectivity index (χ1v) is 12.3. The third-order valence-corrected chi connectivity index (χ3v) is 10.2. The SMILES string of the molecule is CCCCCCCS(CC)(CC)OS(=O)(=O)C(F)(F)C(F)(F)C(F)(F)C(F)(F)F. The second-order valence-electron chi connectivity index (χ2n) is 6.35. The Morgan fingerprint density at radius 3 is 1.52 bits per heavy atom. The zero-order valence-electron chi connectivity index (χ0n) is 16.1. The number of halogens is 9. The predicted molar refractivity (Wildman–Crippen MR) is 93.2 cm³/mol. The molecular formula is C15H25F9O3S2. The van der Waals surface area contributed by atoms with Crippen molar-refractivity contribution in [2.24, 2.45) is 0 Å². The molecule has 0 radical (unpaired) electrons. The van der Waals surface area contributed by atoms with E-state index in [-0.39, 0.29) is 17.3 Å². The van der Waals surface area contributed by atoms with Gasteiger partial charge in [-0.1, -0.05) is 46.5 Å². The monoisotopic (exact) mass is 488 g/mol. The van der Waals surface area contributed by atoms with Crippen LogP contribution in [0.4, 0.5) is 39.5 Å². The summed E-state index contributed by atoms with van der Waals surface area (Å²) in [5.74, 6) is -15.0. The van der Waals surface area contributed by atoms with Crippen molar-refractivity contribution >= 4 is 20.4 Å². The summed E-state index contributed by atoms with van der Waals surface area (Å²) in [5.41, 5.74) is 0. The van der Waals surface area contributed by atoms with Crippen LogP contribution < -0.4 is 0 Å². The van der Waals surface area contributed by atoms with Crippen LogP contribution in [0.3, 0.4) is 0 Å². The Bertz CT molecular complexity index is 615. The lowest BCUT2D eigenvalue weighted by atomic mass is 10.1. The summed E-state index contributed by atoms with van der Waals surface area (Å²) >= 11 is 0. The summed E-state index contributed by atoms with van der Waals surface area (Å²) in [6, 6.07) is 0. The number of hydrogen-bond acceptors (Lipinski definition) is 3. The first kappa shape index (κ1) is 28.6. The second kappa shape index (κ2) is 9.84. The van der Waals surface area contributed by atoms with Crippen molar-refractivity contribution in [3.05, 3.63) is 0 Å². The normalized spacial score (nSPS) is 15.6. The molecule has 0 atom stereocenters. The van der Waals surface area contributed by atoms with Crippen LogP contribution in [-0.2, 0) is 13.7 Å². The second-order valence-corrected chi connectivity index (χ2v) is 11.8. The third-order valence-electron chi connectivity index (χ3n) is 4.34. The molecule has 29 heavy (non-hydrogen) atoms. The van der Waals surface area contributed by atoms with Crippen LogP contribution in [-0.4, -0.2) is 49.0 Å². The molecule has 0 fully saturated rings. The Kier molecular flexibility index (Phi) is 9.71. The molecule has 0 aromatic carbocycles. The van der Waals surface area contributed by atoms with Gasteiger partial charge in [0.25, 0.3) is 0 Å². The molecule has 0 rings (SSSR count). The van der Waals surface area contributed by atoms with E-state index in [1.54, 1.807) is 0 Å². The van der Waals surface area contributed by atoms with Crippen LogP contribution in [0.25, 0.3) is 0 Å². The van der Waals surface area contributed by atoms with E-state index < -0.39 is 43.7 Å².